The first-order valence-corrected chi connectivity index (χ1v) is 7.22. The molecule has 23 heavy (non-hydrogen) atoms. The van der Waals surface area contributed by atoms with Gasteiger partial charge in [-0.25, -0.2) is 5.43 Å². The first-order chi connectivity index (χ1) is 10.9. The number of hydrogen-bond acceptors (Lipinski definition) is 6. The van der Waals surface area contributed by atoms with Crippen LogP contribution >= 0.6 is 15.9 Å². The van der Waals surface area contributed by atoms with E-state index in [-0.39, 0.29) is 11.3 Å². The lowest BCUT2D eigenvalue weighted by molar-refractivity contribution is -0.384. The van der Waals surface area contributed by atoms with Crippen LogP contribution in [0.3, 0.4) is 0 Å². The van der Waals surface area contributed by atoms with Crippen LogP contribution in [-0.4, -0.2) is 31.1 Å². The van der Waals surface area contributed by atoms with E-state index in [4.69, 9.17) is 4.42 Å². The lowest BCUT2D eigenvalue weighted by atomic mass is 10.2. The van der Waals surface area contributed by atoms with Crippen LogP contribution in [0.2, 0.25) is 0 Å². The molecule has 0 saturated heterocycles. The van der Waals surface area contributed by atoms with Gasteiger partial charge in [0.2, 0.25) is 5.88 Å². The number of rotatable bonds is 5. The lowest BCUT2D eigenvalue weighted by Gasteiger charge is -2.07. The van der Waals surface area contributed by atoms with Gasteiger partial charge in [-0.15, -0.1) is 0 Å². The number of nitro benzene ring substituents is 1. The van der Waals surface area contributed by atoms with E-state index in [9.17, 15) is 14.9 Å². The van der Waals surface area contributed by atoms with Gasteiger partial charge in [0.15, 0.2) is 5.76 Å². The largest absolute Gasteiger partial charge is 0.438 e. The van der Waals surface area contributed by atoms with Crippen molar-refractivity contribution in [2.75, 3.05) is 19.0 Å². The van der Waals surface area contributed by atoms with Crippen molar-refractivity contribution in [3.05, 3.63) is 56.2 Å². The number of nitro groups is 1. The summed E-state index contributed by atoms with van der Waals surface area (Å²) >= 11 is 3.35. The molecule has 0 radical (unpaired) electrons. The van der Waals surface area contributed by atoms with Crippen LogP contribution in [0.25, 0.3) is 0 Å². The number of anilines is 1. The van der Waals surface area contributed by atoms with Crippen LogP contribution in [0.15, 0.2) is 44.3 Å². The second-order valence-electron chi connectivity index (χ2n) is 4.70. The Morgan fingerprint density at radius 3 is 2.78 bits per heavy atom. The maximum Gasteiger partial charge on any atom is 0.271 e. The fourth-order valence-electron chi connectivity index (χ4n) is 1.72. The quantitative estimate of drug-likeness (QED) is 0.488. The van der Waals surface area contributed by atoms with E-state index < -0.39 is 10.8 Å². The molecule has 0 bridgehead atoms. The average Bonchev–Trinajstić information content (AvgIpc) is 2.88. The summed E-state index contributed by atoms with van der Waals surface area (Å²) in [6, 6.07) is 7.09. The Labute approximate surface area is 140 Å². The third-order valence-corrected chi connectivity index (χ3v) is 3.34. The molecule has 9 heteroatoms. The van der Waals surface area contributed by atoms with Crippen molar-refractivity contribution in [2.45, 2.75) is 0 Å². The molecule has 120 valence electrons. The van der Waals surface area contributed by atoms with Gasteiger partial charge >= 0.3 is 0 Å². The van der Waals surface area contributed by atoms with E-state index in [1.165, 1.54) is 30.5 Å². The molecule has 0 aliphatic carbocycles. The number of nitrogens with zero attached hydrogens (tertiary/aromatic N) is 3. The third kappa shape index (κ3) is 4.16. The highest BCUT2D eigenvalue weighted by Gasteiger charge is 2.11. The molecule has 0 atom stereocenters. The van der Waals surface area contributed by atoms with Crippen LogP contribution in [0, 0.1) is 10.1 Å². The van der Waals surface area contributed by atoms with Gasteiger partial charge in [0.05, 0.1) is 15.6 Å². The molecular formula is C14H13BrN4O4. The minimum absolute atomic E-state index is 0.144. The predicted octanol–water partition coefficient (Wildman–Crippen LogP) is 2.78. The summed E-state index contributed by atoms with van der Waals surface area (Å²) in [6.45, 7) is 0. The molecule has 0 aliphatic heterocycles. The maximum atomic E-state index is 11.9. The van der Waals surface area contributed by atoms with Crippen molar-refractivity contribution in [3.63, 3.8) is 0 Å². The van der Waals surface area contributed by atoms with Crippen molar-refractivity contribution >= 4 is 39.6 Å². The summed E-state index contributed by atoms with van der Waals surface area (Å²) in [6.07, 6.45) is 1.34. The number of benzene rings is 1. The van der Waals surface area contributed by atoms with Gasteiger partial charge in [0.25, 0.3) is 11.6 Å². The van der Waals surface area contributed by atoms with E-state index in [2.05, 4.69) is 26.5 Å². The number of hydrogen-bond donors (Lipinski definition) is 1. The second kappa shape index (κ2) is 7.05. The number of carbonyl (C=O) groups excluding carboxylic acids is 1. The summed E-state index contributed by atoms with van der Waals surface area (Å²) in [5, 5.41) is 14.5. The molecule has 0 aliphatic rings. The molecule has 0 fully saturated rings. The third-order valence-electron chi connectivity index (χ3n) is 2.77. The molecular weight excluding hydrogens is 368 g/mol. The molecule has 0 unspecified atom stereocenters. The summed E-state index contributed by atoms with van der Waals surface area (Å²) in [5.74, 6) is 0.514. The molecule has 1 aromatic heterocycles. The molecule has 1 aromatic carbocycles. The van der Waals surface area contributed by atoms with E-state index in [1.807, 2.05) is 14.1 Å². The molecule has 2 aromatic rings. The zero-order chi connectivity index (χ0) is 17.0. The highest BCUT2D eigenvalue weighted by Crippen LogP contribution is 2.27. The van der Waals surface area contributed by atoms with E-state index in [0.717, 1.165) is 4.47 Å². The standard InChI is InChI=1S/C14H13BrN4O4/c1-18(2)14-12(15)7-11(23-14)8-16-17-13(20)9-4-3-5-10(6-9)19(21)22/h3-8H,1-2H3,(H,17,20)/b16-8-. The Morgan fingerprint density at radius 2 is 2.17 bits per heavy atom. The highest BCUT2D eigenvalue weighted by atomic mass is 79.9. The number of amides is 1. The van der Waals surface area contributed by atoms with E-state index >= 15 is 0 Å². The van der Waals surface area contributed by atoms with Gasteiger partial charge in [-0.1, -0.05) is 6.07 Å². The molecule has 0 spiro atoms. The van der Waals surface area contributed by atoms with Crippen LogP contribution in [0.1, 0.15) is 16.1 Å². The van der Waals surface area contributed by atoms with Crippen LogP contribution in [0.4, 0.5) is 11.6 Å². The Balaban J connectivity index is 2.05. The maximum absolute atomic E-state index is 11.9. The van der Waals surface area contributed by atoms with Crippen molar-refractivity contribution < 1.29 is 14.1 Å². The minimum atomic E-state index is -0.566. The van der Waals surface area contributed by atoms with Crippen LogP contribution in [-0.2, 0) is 0 Å². The predicted molar refractivity (Wildman–Crippen MR) is 88.9 cm³/mol. The molecule has 1 N–H and O–H groups in total. The lowest BCUT2D eigenvalue weighted by Crippen LogP contribution is -2.17. The van der Waals surface area contributed by atoms with Gasteiger partial charge < -0.3 is 9.32 Å². The molecule has 1 heterocycles. The van der Waals surface area contributed by atoms with Crippen molar-refractivity contribution in [3.8, 4) is 0 Å². The van der Waals surface area contributed by atoms with Crippen molar-refractivity contribution in [2.24, 2.45) is 5.10 Å². The van der Waals surface area contributed by atoms with Gasteiger partial charge in [-0.2, -0.15) is 5.10 Å². The first kappa shape index (κ1) is 16.7. The number of non-ortho nitro benzene ring substituents is 1. The monoisotopic (exact) mass is 380 g/mol. The van der Waals surface area contributed by atoms with Gasteiger partial charge in [0.1, 0.15) is 0 Å². The SMILES string of the molecule is CN(C)c1oc(/C=N\NC(=O)c2cccc([N+](=O)[O-])c2)cc1Br. The number of carbonyl (C=O) groups is 1. The Morgan fingerprint density at radius 1 is 1.43 bits per heavy atom. The second-order valence-corrected chi connectivity index (χ2v) is 5.56. The van der Waals surface area contributed by atoms with E-state index in [1.54, 1.807) is 11.0 Å². The zero-order valence-electron chi connectivity index (χ0n) is 12.3. The molecule has 8 nitrogen and oxygen atoms in total. The highest BCUT2D eigenvalue weighted by molar-refractivity contribution is 9.10. The fourth-order valence-corrected chi connectivity index (χ4v) is 2.39. The number of furan rings is 1. The first-order valence-electron chi connectivity index (χ1n) is 6.43. The minimum Gasteiger partial charge on any atom is -0.438 e. The normalized spacial score (nSPS) is 10.7. The van der Waals surface area contributed by atoms with Crippen LogP contribution in [0.5, 0.6) is 0 Å². The summed E-state index contributed by atoms with van der Waals surface area (Å²) < 4.78 is 6.26. The van der Waals surface area contributed by atoms with Gasteiger partial charge in [-0.05, 0) is 22.0 Å². The van der Waals surface area contributed by atoms with Crippen LogP contribution < -0.4 is 10.3 Å². The smallest absolute Gasteiger partial charge is 0.271 e. The summed E-state index contributed by atoms with van der Waals surface area (Å²) in [5.41, 5.74) is 2.27. The van der Waals surface area contributed by atoms with Crippen molar-refractivity contribution in [1.82, 2.24) is 5.43 Å². The molecule has 0 saturated carbocycles. The summed E-state index contributed by atoms with van der Waals surface area (Å²) in [7, 11) is 3.66. The number of hydrazone groups is 1. The average molecular weight is 381 g/mol. The number of halogens is 1. The Bertz CT molecular complexity index is 770. The van der Waals surface area contributed by atoms with Crippen molar-refractivity contribution in [1.29, 1.82) is 0 Å². The Kier molecular flexibility index (Phi) is 5.12. The molecule has 1 amide bonds. The molecule has 2 rings (SSSR count). The topological polar surface area (TPSA) is 101 Å². The number of nitrogens with one attached hydrogen (secondary N) is 1. The zero-order valence-corrected chi connectivity index (χ0v) is 13.9. The van der Waals surface area contributed by atoms with E-state index in [0.29, 0.717) is 11.6 Å². The van der Waals surface area contributed by atoms with Gasteiger partial charge in [-0.3, -0.25) is 14.9 Å². The fraction of sp³-hybridized carbons (Fsp3) is 0.143. The van der Waals surface area contributed by atoms with Gasteiger partial charge in [0, 0.05) is 37.9 Å². The summed E-state index contributed by atoms with van der Waals surface area (Å²) in [4.78, 5) is 23.8. The Hall–Kier alpha value is -2.68.